The molecule has 0 bridgehead atoms. The summed E-state index contributed by atoms with van der Waals surface area (Å²) in [6.07, 6.45) is 4.61. The summed E-state index contributed by atoms with van der Waals surface area (Å²) in [5, 5.41) is 30.9. The minimum atomic E-state index is -1.26. The Morgan fingerprint density at radius 1 is 0.943 bits per heavy atom. The van der Waals surface area contributed by atoms with E-state index < -0.39 is 17.9 Å². The van der Waals surface area contributed by atoms with Crippen molar-refractivity contribution in [2.24, 2.45) is 0 Å². The van der Waals surface area contributed by atoms with Crippen molar-refractivity contribution >= 4 is 52.5 Å². The smallest absolute Gasteiger partial charge is 0.328 e. The molecular formula is C24H24ClN3O7. The van der Waals surface area contributed by atoms with Gasteiger partial charge in [-0.2, -0.15) is 0 Å². The molecule has 10 nitrogen and oxygen atoms in total. The van der Waals surface area contributed by atoms with Gasteiger partial charge in [0, 0.05) is 36.3 Å². The number of hydrogen-bond acceptors (Lipinski definition) is 6. The van der Waals surface area contributed by atoms with Gasteiger partial charge in [-0.25, -0.2) is 14.4 Å². The number of benzene rings is 2. The zero-order chi connectivity index (χ0) is 25.8. The van der Waals surface area contributed by atoms with E-state index in [1.807, 2.05) is 30.3 Å². The molecule has 5 N–H and O–H groups in total. The number of amides is 1. The van der Waals surface area contributed by atoms with E-state index in [4.69, 9.17) is 26.9 Å². The number of aliphatic carboxylic acids is 3. The lowest BCUT2D eigenvalue weighted by atomic mass is 10.1. The lowest BCUT2D eigenvalue weighted by molar-refractivity contribution is -0.134. The molecule has 1 heterocycles. The molecule has 1 aliphatic rings. The van der Waals surface area contributed by atoms with Gasteiger partial charge in [0.15, 0.2) is 0 Å². The Hall–Kier alpha value is -4.15. The van der Waals surface area contributed by atoms with Crippen LogP contribution in [0.2, 0.25) is 5.02 Å². The second-order valence-corrected chi connectivity index (χ2v) is 7.53. The standard InChI is InChI=1S/C20H20ClN3O3.C4H4O4/c21-14-8-9-15-18(13-14)24(12-4-11-22-10-3-7-19(25)26)17-6-2-1-5-16(17)23-20(15)27;5-3(6)1-2-4(7)8/h1-3,5-9,13,22H,4,10-12H2,(H,23,27)(H,25,26);1-2H,(H,5,6)(H,7,8)/b7-3+;2-1-. The molecule has 0 saturated heterocycles. The molecule has 0 unspecified atom stereocenters. The highest BCUT2D eigenvalue weighted by Gasteiger charge is 2.24. The van der Waals surface area contributed by atoms with E-state index in [9.17, 15) is 19.2 Å². The van der Waals surface area contributed by atoms with Crippen LogP contribution in [0.5, 0.6) is 0 Å². The fourth-order valence-corrected chi connectivity index (χ4v) is 3.31. The minimum Gasteiger partial charge on any atom is -0.478 e. The Bertz CT molecular complexity index is 1130. The van der Waals surface area contributed by atoms with Crippen molar-refractivity contribution in [2.75, 3.05) is 29.9 Å². The normalized spacial score (nSPS) is 12.3. The number of carbonyl (C=O) groups is 4. The van der Waals surface area contributed by atoms with E-state index in [1.165, 1.54) is 0 Å². The molecule has 0 fully saturated rings. The summed E-state index contributed by atoms with van der Waals surface area (Å²) in [6.45, 7) is 1.88. The number of hydrogen-bond donors (Lipinski definition) is 5. The molecule has 0 aromatic heterocycles. The van der Waals surface area contributed by atoms with Crippen molar-refractivity contribution in [2.45, 2.75) is 6.42 Å². The first kappa shape index (κ1) is 27.1. The molecular weight excluding hydrogens is 478 g/mol. The van der Waals surface area contributed by atoms with Gasteiger partial charge in [0.25, 0.3) is 5.91 Å². The Morgan fingerprint density at radius 3 is 2.26 bits per heavy atom. The molecule has 0 aliphatic carbocycles. The number of halogens is 1. The summed E-state index contributed by atoms with van der Waals surface area (Å²) in [6, 6.07) is 12.9. The van der Waals surface area contributed by atoms with Gasteiger partial charge >= 0.3 is 17.9 Å². The van der Waals surface area contributed by atoms with Crippen LogP contribution in [-0.4, -0.2) is 58.8 Å². The van der Waals surface area contributed by atoms with Crippen LogP contribution in [0.4, 0.5) is 17.1 Å². The second-order valence-electron chi connectivity index (χ2n) is 7.09. The molecule has 1 aliphatic heterocycles. The largest absolute Gasteiger partial charge is 0.478 e. The third-order valence-electron chi connectivity index (χ3n) is 4.56. The third kappa shape index (κ3) is 8.95. The number of para-hydroxylation sites is 2. The number of carboxylic acid groups (broad SMARTS) is 3. The number of carbonyl (C=O) groups excluding carboxylic acids is 1. The van der Waals surface area contributed by atoms with E-state index in [2.05, 4.69) is 15.5 Å². The van der Waals surface area contributed by atoms with Crippen molar-refractivity contribution in [3.8, 4) is 0 Å². The zero-order valence-corrected chi connectivity index (χ0v) is 19.2. The van der Waals surface area contributed by atoms with Gasteiger partial charge in [-0.1, -0.05) is 29.8 Å². The maximum Gasteiger partial charge on any atom is 0.328 e. The van der Waals surface area contributed by atoms with Crippen molar-refractivity contribution in [3.63, 3.8) is 0 Å². The summed E-state index contributed by atoms with van der Waals surface area (Å²) < 4.78 is 0. The average molecular weight is 502 g/mol. The Labute approximate surface area is 206 Å². The van der Waals surface area contributed by atoms with Gasteiger partial charge < -0.3 is 30.9 Å². The van der Waals surface area contributed by atoms with Crippen molar-refractivity contribution in [1.29, 1.82) is 0 Å². The van der Waals surface area contributed by atoms with Crippen LogP contribution in [0.1, 0.15) is 16.8 Å². The highest BCUT2D eigenvalue weighted by Crippen LogP contribution is 2.38. The monoisotopic (exact) mass is 501 g/mol. The van der Waals surface area contributed by atoms with Gasteiger partial charge in [0.05, 0.1) is 22.6 Å². The first-order chi connectivity index (χ1) is 16.7. The molecule has 2 aromatic carbocycles. The molecule has 0 spiro atoms. The van der Waals surface area contributed by atoms with E-state index in [1.54, 1.807) is 18.2 Å². The van der Waals surface area contributed by atoms with Gasteiger partial charge in [0.2, 0.25) is 0 Å². The maximum absolute atomic E-state index is 12.6. The highest BCUT2D eigenvalue weighted by atomic mass is 35.5. The van der Waals surface area contributed by atoms with Crippen LogP contribution < -0.4 is 15.5 Å². The first-order valence-electron chi connectivity index (χ1n) is 10.4. The fraction of sp³-hybridized carbons (Fsp3) is 0.167. The first-order valence-corrected chi connectivity index (χ1v) is 10.8. The molecule has 3 rings (SSSR count). The predicted octanol–water partition coefficient (Wildman–Crippen LogP) is 3.38. The van der Waals surface area contributed by atoms with E-state index >= 15 is 0 Å². The SMILES string of the molecule is O=C(O)/C=C/CNCCCN1c2ccccc2NC(=O)c2ccc(Cl)cc21.O=C(O)/C=C\C(=O)O. The minimum absolute atomic E-state index is 0.159. The third-order valence-corrected chi connectivity index (χ3v) is 4.80. The van der Waals surface area contributed by atoms with Gasteiger partial charge in [-0.05, 0) is 43.3 Å². The Balaban J connectivity index is 0.000000466. The van der Waals surface area contributed by atoms with Crippen LogP contribution in [0.25, 0.3) is 0 Å². The van der Waals surface area contributed by atoms with Crippen LogP contribution in [0.3, 0.4) is 0 Å². The second kappa shape index (κ2) is 13.5. The summed E-state index contributed by atoms with van der Waals surface area (Å²) in [7, 11) is 0. The quantitative estimate of drug-likeness (QED) is 0.256. The van der Waals surface area contributed by atoms with Crippen LogP contribution in [0.15, 0.2) is 66.8 Å². The summed E-state index contributed by atoms with van der Waals surface area (Å²) in [5.74, 6) is -3.63. The van der Waals surface area contributed by atoms with Gasteiger partial charge in [-0.3, -0.25) is 4.79 Å². The summed E-state index contributed by atoms with van der Waals surface area (Å²) in [4.78, 5) is 44.2. The lowest BCUT2D eigenvalue weighted by Crippen LogP contribution is -2.24. The van der Waals surface area contributed by atoms with E-state index in [-0.39, 0.29) is 5.91 Å². The summed E-state index contributed by atoms with van der Waals surface area (Å²) >= 11 is 6.19. The number of fused-ring (bicyclic) bond motifs is 2. The molecule has 2 aromatic rings. The average Bonchev–Trinajstić information content (AvgIpc) is 2.91. The maximum atomic E-state index is 12.6. The van der Waals surface area contributed by atoms with Crippen LogP contribution in [-0.2, 0) is 14.4 Å². The molecule has 0 saturated carbocycles. The molecule has 35 heavy (non-hydrogen) atoms. The van der Waals surface area contributed by atoms with E-state index in [0.717, 1.165) is 29.6 Å². The molecule has 0 radical (unpaired) electrons. The number of anilines is 3. The molecule has 11 heteroatoms. The van der Waals surface area contributed by atoms with Crippen molar-refractivity contribution < 1.29 is 34.5 Å². The van der Waals surface area contributed by atoms with Crippen LogP contribution >= 0.6 is 11.6 Å². The number of nitrogens with zero attached hydrogens (tertiary/aromatic N) is 1. The highest BCUT2D eigenvalue weighted by molar-refractivity contribution is 6.31. The van der Waals surface area contributed by atoms with E-state index in [0.29, 0.717) is 42.4 Å². The molecule has 1 amide bonds. The Morgan fingerprint density at radius 2 is 1.60 bits per heavy atom. The van der Waals surface area contributed by atoms with Crippen LogP contribution in [0, 0.1) is 0 Å². The topological polar surface area (TPSA) is 156 Å². The van der Waals surface area contributed by atoms with Gasteiger partial charge in [-0.15, -0.1) is 0 Å². The van der Waals surface area contributed by atoms with Gasteiger partial charge in [0.1, 0.15) is 0 Å². The molecule has 0 atom stereocenters. The number of carboxylic acids is 3. The summed E-state index contributed by atoms with van der Waals surface area (Å²) in [5.41, 5.74) is 3.02. The zero-order valence-electron chi connectivity index (χ0n) is 18.5. The molecule has 184 valence electrons. The van der Waals surface area contributed by atoms with Crippen molar-refractivity contribution in [1.82, 2.24) is 5.32 Å². The predicted molar refractivity (Wildman–Crippen MR) is 132 cm³/mol. The lowest BCUT2D eigenvalue weighted by Gasteiger charge is -2.26. The van der Waals surface area contributed by atoms with Crippen molar-refractivity contribution in [3.05, 3.63) is 77.4 Å². The number of nitrogens with one attached hydrogen (secondary N) is 2. The number of rotatable bonds is 9. The Kier molecular flexibility index (Phi) is 10.5. The fourth-order valence-electron chi connectivity index (χ4n) is 3.15.